The molecule has 1 amide bonds. The van der Waals surface area contributed by atoms with Gasteiger partial charge in [-0.3, -0.25) is 4.79 Å². The monoisotopic (exact) mass is 360 g/mol. The van der Waals surface area contributed by atoms with Crippen LogP contribution in [0.4, 0.5) is 5.00 Å². The summed E-state index contributed by atoms with van der Waals surface area (Å²) in [4.78, 5) is 35.4. The van der Waals surface area contributed by atoms with Crippen molar-refractivity contribution in [2.45, 2.75) is 26.2 Å². The van der Waals surface area contributed by atoms with E-state index >= 15 is 0 Å². The Hall–Kier alpha value is -2.67. The number of esters is 1. The minimum absolute atomic E-state index is 0.214. The molecule has 0 atom stereocenters. The number of rotatable bonds is 7. The fraction of sp³-hybridized carbons (Fsp3) is 0.278. The van der Waals surface area contributed by atoms with Crippen LogP contribution in [0.25, 0.3) is 0 Å². The molecule has 0 aliphatic heterocycles. The van der Waals surface area contributed by atoms with Crippen LogP contribution in [0.3, 0.4) is 0 Å². The van der Waals surface area contributed by atoms with Gasteiger partial charge < -0.3 is 20.0 Å². The molecule has 0 aliphatic carbocycles. The first-order valence-electron chi connectivity index (χ1n) is 7.66. The number of ether oxygens (including phenoxy) is 1. The minimum Gasteiger partial charge on any atom is -0.550 e. The van der Waals surface area contributed by atoms with Crippen molar-refractivity contribution in [3.63, 3.8) is 0 Å². The number of carbonyl (C=O) groups excluding carboxylic acids is 3. The van der Waals surface area contributed by atoms with Crippen molar-refractivity contribution in [1.82, 2.24) is 0 Å². The number of carboxylic acid groups (broad SMARTS) is 1. The topological polar surface area (TPSA) is 95.5 Å². The summed E-state index contributed by atoms with van der Waals surface area (Å²) >= 11 is 1.29. The Kier molecular flexibility index (Phi) is 6.30. The molecule has 1 aromatic heterocycles. The van der Waals surface area contributed by atoms with E-state index < -0.39 is 17.8 Å². The molecule has 0 saturated carbocycles. The molecular weight excluding hydrogens is 342 g/mol. The lowest BCUT2D eigenvalue weighted by atomic mass is 10.1. The van der Waals surface area contributed by atoms with Crippen molar-refractivity contribution >= 4 is 34.2 Å². The van der Waals surface area contributed by atoms with Gasteiger partial charge in [-0.1, -0.05) is 30.3 Å². The predicted octanol–water partition coefficient (Wildman–Crippen LogP) is 1.90. The van der Waals surface area contributed by atoms with Crippen molar-refractivity contribution in [2.75, 3.05) is 12.4 Å². The van der Waals surface area contributed by atoms with Crippen molar-refractivity contribution in [3.05, 3.63) is 51.9 Å². The van der Waals surface area contributed by atoms with Crippen LogP contribution in [0.1, 0.15) is 39.2 Å². The summed E-state index contributed by atoms with van der Waals surface area (Å²) in [5.41, 5.74) is 2.13. The second-order valence-corrected chi connectivity index (χ2v) is 6.53. The summed E-state index contributed by atoms with van der Waals surface area (Å²) in [7, 11) is 1.28. The van der Waals surface area contributed by atoms with Crippen LogP contribution in [-0.4, -0.2) is 25.0 Å². The lowest BCUT2D eigenvalue weighted by molar-refractivity contribution is -0.305. The smallest absolute Gasteiger partial charge is 0.341 e. The zero-order chi connectivity index (χ0) is 18.4. The van der Waals surface area contributed by atoms with E-state index in [1.54, 1.807) is 6.92 Å². The average Bonchev–Trinajstić information content (AvgIpc) is 2.88. The SMILES string of the molecule is COC(=O)c1c(NC(=O)CCC(=O)[O-])sc(Cc2ccccc2)c1C. The molecule has 1 N–H and O–H groups in total. The summed E-state index contributed by atoms with van der Waals surface area (Å²) in [5.74, 6) is -2.32. The minimum atomic E-state index is -1.30. The molecule has 0 bridgehead atoms. The zero-order valence-corrected chi connectivity index (χ0v) is 14.8. The summed E-state index contributed by atoms with van der Waals surface area (Å²) in [5, 5.41) is 13.5. The number of hydrogen-bond acceptors (Lipinski definition) is 6. The maximum Gasteiger partial charge on any atom is 0.341 e. The van der Waals surface area contributed by atoms with E-state index in [1.807, 2.05) is 30.3 Å². The summed E-state index contributed by atoms with van der Waals surface area (Å²) in [6.07, 6.45) is 0.0325. The van der Waals surface area contributed by atoms with Crippen molar-refractivity contribution in [3.8, 4) is 0 Å². The van der Waals surface area contributed by atoms with Gasteiger partial charge in [-0.2, -0.15) is 0 Å². The Morgan fingerprint density at radius 1 is 1.16 bits per heavy atom. The maximum absolute atomic E-state index is 12.1. The maximum atomic E-state index is 12.1. The fourth-order valence-electron chi connectivity index (χ4n) is 2.35. The van der Waals surface area contributed by atoms with Crippen molar-refractivity contribution < 1.29 is 24.2 Å². The highest BCUT2D eigenvalue weighted by atomic mass is 32.1. The molecule has 7 heteroatoms. The number of benzene rings is 1. The molecule has 1 aromatic carbocycles. The first kappa shape index (κ1) is 18.7. The van der Waals surface area contributed by atoms with Crippen LogP contribution in [0, 0.1) is 6.92 Å². The Bertz CT molecular complexity index is 782. The van der Waals surface area contributed by atoms with Crippen molar-refractivity contribution in [2.24, 2.45) is 0 Å². The van der Waals surface area contributed by atoms with E-state index in [-0.39, 0.29) is 12.8 Å². The second-order valence-electron chi connectivity index (χ2n) is 5.43. The van der Waals surface area contributed by atoms with Gasteiger partial charge in [-0.05, 0) is 24.5 Å². The third-order valence-corrected chi connectivity index (χ3v) is 4.86. The first-order valence-corrected chi connectivity index (χ1v) is 8.48. The number of carbonyl (C=O) groups is 3. The average molecular weight is 360 g/mol. The van der Waals surface area contributed by atoms with E-state index in [9.17, 15) is 19.5 Å². The molecule has 2 rings (SSSR count). The van der Waals surface area contributed by atoms with E-state index in [1.165, 1.54) is 18.4 Å². The Morgan fingerprint density at radius 2 is 1.84 bits per heavy atom. The highest BCUT2D eigenvalue weighted by Gasteiger charge is 2.23. The van der Waals surface area contributed by atoms with Crippen LogP contribution in [-0.2, 0) is 20.7 Å². The Balaban J connectivity index is 2.28. The highest BCUT2D eigenvalue weighted by molar-refractivity contribution is 7.17. The molecule has 0 fully saturated rings. The van der Waals surface area contributed by atoms with E-state index in [0.717, 1.165) is 16.0 Å². The molecule has 132 valence electrons. The van der Waals surface area contributed by atoms with Crippen LogP contribution in [0.5, 0.6) is 0 Å². The van der Waals surface area contributed by atoms with Gasteiger partial charge >= 0.3 is 5.97 Å². The fourth-order valence-corrected chi connectivity index (χ4v) is 3.59. The van der Waals surface area contributed by atoms with Crippen LogP contribution < -0.4 is 10.4 Å². The van der Waals surface area contributed by atoms with Gasteiger partial charge in [0.15, 0.2) is 0 Å². The normalized spacial score (nSPS) is 10.3. The third kappa shape index (κ3) is 4.90. The largest absolute Gasteiger partial charge is 0.550 e. The molecule has 0 aliphatic rings. The number of carboxylic acids is 1. The van der Waals surface area contributed by atoms with Gasteiger partial charge in [0.05, 0.1) is 12.7 Å². The molecule has 0 spiro atoms. The number of aliphatic carboxylic acids is 1. The Labute approximate surface area is 149 Å². The third-order valence-electron chi connectivity index (χ3n) is 3.65. The van der Waals surface area contributed by atoms with Crippen molar-refractivity contribution in [1.29, 1.82) is 0 Å². The standard InChI is InChI=1S/C18H19NO5S/c1-11-13(10-12-6-4-3-5-7-12)25-17(16(11)18(23)24-2)19-14(20)8-9-15(21)22/h3-7H,8-10H2,1-2H3,(H,19,20)(H,21,22)/p-1. The lowest BCUT2D eigenvalue weighted by Gasteiger charge is -2.06. The first-order chi connectivity index (χ1) is 11.9. The predicted molar refractivity (Wildman–Crippen MR) is 92.5 cm³/mol. The van der Waals surface area contributed by atoms with Gasteiger partial charge in [0.2, 0.25) is 5.91 Å². The number of amides is 1. The van der Waals surface area contributed by atoms with Gasteiger partial charge in [0.1, 0.15) is 5.00 Å². The van der Waals surface area contributed by atoms with Crippen LogP contribution in [0.15, 0.2) is 30.3 Å². The van der Waals surface area contributed by atoms with E-state index in [2.05, 4.69) is 5.32 Å². The molecule has 0 radical (unpaired) electrons. The molecular formula is C18H18NO5S-. The van der Waals surface area contributed by atoms with Gasteiger partial charge in [0.25, 0.3) is 0 Å². The molecule has 1 heterocycles. The molecule has 0 unspecified atom stereocenters. The summed E-state index contributed by atoms with van der Waals surface area (Å²) in [6.45, 7) is 1.80. The van der Waals surface area contributed by atoms with E-state index in [4.69, 9.17) is 4.74 Å². The number of nitrogens with one attached hydrogen (secondary N) is 1. The molecule has 6 nitrogen and oxygen atoms in total. The zero-order valence-electron chi connectivity index (χ0n) is 14.0. The number of anilines is 1. The number of methoxy groups -OCH3 is 1. The van der Waals surface area contributed by atoms with Gasteiger partial charge in [0, 0.05) is 23.7 Å². The molecule has 0 saturated heterocycles. The quantitative estimate of drug-likeness (QED) is 0.761. The van der Waals surface area contributed by atoms with Crippen LogP contribution in [0.2, 0.25) is 0 Å². The van der Waals surface area contributed by atoms with Gasteiger partial charge in [-0.25, -0.2) is 4.79 Å². The lowest BCUT2D eigenvalue weighted by Crippen LogP contribution is -2.24. The molecule has 2 aromatic rings. The Morgan fingerprint density at radius 3 is 2.44 bits per heavy atom. The summed E-state index contributed by atoms with van der Waals surface area (Å²) in [6, 6.07) is 9.75. The van der Waals surface area contributed by atoms with Crippen LogP contribution >= 0.6 is 11.3 Å². The van der Waals surface area contributed by atoms with E-state index in [0.29, 0.717) is 17.0 Å². The second kappa shape index (κ2) is 8.43. The number of thiophene rings is 1. The number of hydrogen-bond donors (Lipinski definition) is 1. The highest BCUT2D eigenvalue weighted by Crippen LogP contribution is 2.35. The van der Waals surface area contributed by atoms with Gasteiger partial charge in [-0.15, -0.1) is 11.3 Å². The summed E-state index contributed by atoms with van der Waals surface area (Å²) < 4.78 is 4.81. The molecule has 25 heavy (non-hydrogen) atoms.